The molecule has 9 heteroatoms. The number of carbonyl (C=O) groups is 2. The highest BCUT2D eigenvalue weighted by atomic mass is 35.5. The smallest absolute Gasteiger partial charge is 0.246 e. The first-order valence-corrected chi connectivity index (χ1v) is 10.2. The molecule has 1 aliphatic rings. The average Bonchev–Trinajstić information content (AvgIpc) is 3.12. The van der Waals surface area contributed by atoms with Crippen molar-refractivity contribution in [3.05, 3.63) is 53.6 Å². The summed E-state index contributed by atoms with van der Waals surface area (Å²) >= 11 is 8.88. The van der Waals surface area contributed by atoms with Gasteiger partial charge in [0.1, 0.15) is 6.54 Å². The molecule has 0 saturated heterocycles. The zero-order chi connectivity index (χ0) is 18.8. The predicted octanol–water partition coefficient (Wildman–Crippen LogP) is 3.94. The topological polar surface area (TPSA) is 75.2 Å². The molecule has 4 rings (SSSR count). The molecule has 2 amide bonds. The van der Waals surface area contributed by atoms with E-state index in [2.05, 4.69) is 15.5 Å². The van der Waals surface area contributed by atoms with Gasteiger partial charge in [-0.15, -0.1) is 22.0 Å². The summed E-state index contributed by atoms with van der Waals surface area (Å²) in [5, 5.41) is 12.3. The molecule has 0 fully saturated rings. The Labute approximate surface area is 168 Å². The Morgan fingerprint density at radius 3 is 2.78 bits per heavy atom. The van der Waals surface area contributed by atoms with Crippen molar-refractivity contribution in [3.63, 3.8) is 0 Å². The summed E-state index contributed by atoms with van der Waals surface area (Å²) in [7, 11) is 0. The SMILES string of the molecule is O=C(CN1C(=O)CSc2ccccc21)Nc1nnc(-c2ccccc2Cl)s1. The zero-order valence-electron chi connectivity index (χ0n) is 13.9. The van der Waals surface area contributed by atoms with Gasteiger partial charge >= 0.3 is 0 Å². The molecule has 136 valence electrons. The number of rotatable bonds is 4. The molecular weight excluding hydrogens is 404 g/mol. The molecule has 6 nitrogen and oxygen atoms in total. The second-order valence-electron chi connectivity index (χ2n) is 5.68. The molecule has 27 heavy (non-hydrogen) atoms. The number of halogens is 1. The van der Waals surface area contributed by atoms with Gasteiger partial charge in [-0.2, -0.15) is 0 Å². The van der Waals surface area contributed by atoms with Gasteiger partial charge in [-0.05, 0) is 18.2 Å². The van der Waals surface area contributed by atoms with E-state index in [1.54, 1.807) is 6.07 Å². The fourth-order valence-electron chi connectivity index (χ4n) is 2.65. The summed E-state index contributed by atoms with van der Waals surface area (Å²) in [6.45, 7) is -0.0720. The van der Waals surface area contributed by atoms with Gasteiger partial charge in [0.05, 0.1) is 16.5 Å². The van der Waals surface area contributed by atoms with E-state index in [0.29, 0.717) is 20.9 Å². The monoisotopic (exact) mass is 416 g/mol. The third-order valence-corrected chi connectivity index (χ3v) is 6.13. The van der Waals surface area contributed by atoms with Crippen molar-refractivity contribution in [1.82, 2.24) is 10.2 Å². The number of fused-ring (bicyclic) bond motifs is 1. The molecule has 0 unspecified atom stereocenters. The molecule has 1 N–H and O–H groups in total. The molecule has 0 atom stereocenters. The van der Waals surface area contributed by atoms with Crippen LogP contribution in [0.15, 0.2) is 53.4 Å². The number of para-hydroxylation sites is 1. The van der Waals surface area contributed by atoms with Gasteiger partial charge in [-0.1, -0.05) is 53.3 Å². The molecule has 0 saturated carbocycles. The largest absolute Gasteiger partial charge is 0.301 e. The first kappa shape index (κ1) is 18.0. The number of carbonyl (C=O) groups excluding carboxylic acids is 2. The number of aromatic nitrogens is 2. The fraction of sp³-hybridized carbons (Fsp3) is 0.111. The van der Waals surface area contributed by atoms with Crippen LogP contribution in [0.4, 0.5) is 10.8 Å². The number of amides is 2. The van der Waals surface area contributed by atoms with Crippen LogP contribution in [0.2, 0.25) is 5.02 Å². The number of benzene rings is 2. The lowest BCUT2D eigenvalue weighted by atomic mass is 10.2. The Morgan fingerprint density at radius 2 is 1.93 bits per heavy atom. The van der Waals surface area contributed by atoms with Crippen LogP contribution in [0.25, 0.3) is 10.6 Å². The quantitative estimate of drug-likeness (QED) is 0.697. The van der Waals surface area contributed by atoms with E-state index in [1.165, 1.54) is 28.0 Å². The van der Waals surface area contributed by atoms with E-state index in [9.17, 15) is 9.59 Å². The Morgan fingerprint density at radius 1 is 1.15 bits per heavy atom. The average molecular weight is 417 g/mol. The molecular formula is C18H13ClN4O2S2. The van der Waals surface area contributed by atoms with Crippen molar-refractivity contribution in [2.75, 3.05) is 22.5 Å². The van der Waals surface area contributed by atoms with Crippen molar-refractivity contribution in [2.24, 2.45) is 0 Å². The van der Waals surface area contributed by atoms with Gasteiger partial charge < -0.3 is 4.90 Å². The fourth-order valence-corrected chi connectivity index (χ4v) is 4.66. The van der Waals surface area contributed by atoms with E-state index < -0.39 is 0 Å². The van der Waals surface area contributed by atoms with Gasteiger partial charge in [-0.3, -0.25) is 14.9 Å². The summed E-state index contributed by atoms with van der Waals surface area (Å²) < 4.78 is 0. The molecule has 2 aromatic carbocycles. The normalized spacial score (nSPS) is 13.4. The van der Waals surface area contributed by atoms with Crippen LogP contribution in [0, 0.1) is 0 Å². The van der Waals surface area contributed by atoms with Crippen molar-refractivity contribution in [1.29, 1.82) is 0 Å². The van der Waals surface area contributed by atoms with Crippen LogP contribution >= 0.6 is 34.7 Å². The van der Waals surface area contributed by atoms with Crippen LogP contribution in [0.1, 0.15) is 0 Å². The second kappa shape index (κ2) is 7.67. The number of anilines is 2. The molecule has 3 aromatic rings. The number of nitrogens with zero attached hydrogens (tertiary/aromatic N) is 3. The molecule has 0 bridgehead atoms. The summed E-state index contributed by atoms with van der Waals surface area (Å²) in [6, 6.07) is 14.9. The molecule has 0 spiro atoms. The minimum atomic E-state index is -0.327. The summed E-state index contributed by atoms with van der Waals surface area (Å²) in [5.41, 5.74) is 1.51. The van der Waals surface area contributed by atoms with Crippen molar-refractivity contribution < 1.29 is 9.59 Å². The molecule has 1 aromatic heterocycles. The van der Waals surface area contributed by atoms with E-state index in [1.807, 2.05) is 42.5 Å². The first-order chi connectivity index (χ1) is 13.1. The highest BCUT2D eigenvalue weighted by Crippen LogP contribution is 2.35. The van der Waals surface area contributed by atoms with E-state index in [4.69, 9.17) is 11.6 Å². The number of thioether (sulfide) groups is 1. The standard InChI is InChI=1S/C18H13ClN4O2S2/c19-12-6-2-1-5-11(12)17-21-22-18(27-17)20-15(24)9-23-13-7-3-4-8-14(13)26-10-16(23)25/h1-8H,9-10H2,(H,20,22,24). The molecule has 0 aliphatic carbocycles. The van der Waals surface area contributed by atoms with Gasteiger partial charge in [0.15, 0.2) is 5.01 Å². The lowest BCUT2D eigenvalue weighted by Crippen LogP contribution is -2.41. The maximum atomic E-state index is 12.4. The molecule has 0 radical (unpaired) electrons. The van der Waals surface area contributed by atoms with Crippen molar-refractivity contribution in [2.45, 2.75) is 4.90 Å². The van der Waals surface area contributed by atoms with Crippen LogP contribution in [0.5, 0.6) is 0 Å². The van der Waals surface area contributed by atoms with Crippen LogP contribution < -0.4 is 10.2 Å². The molecule has 2 heterocycles. The minimum Gasteiger partial charge on any atom is -0.301 e. The third-order valence-electron chi connectivity index (χ3n) is 3.89. The van der Waals surface area contributed by atoms with Crippen LogP contribution in [-0.4, -0.2) is 34.3 Å². The number of nitrogens with one attached hydrogen (secondary N) is 1. The second-order valence-corrected chi connectivity index (χ2v) is 8.08. The number of hydrogen-bond donors (Lipinski definition) is 1. The number of hydrogen-bond acceptors (Lipinski definition) is 6. The maximum absolute atomic E-state index is 12.4. The van der Waals surface area contributed by atoms with Gasteiger partial charge in [-0.25, -0.2) is 0 Å². The van der Waals surface area contributed by atoms with Gasteiger partial charge in [0.2, 0.25) is 16.9 Å². The van der Waals surface area contributed by atoms with Gasteiger partial charge in [0, 0.05) is 10.5 Å². The Balaban J connectivity index is 1.48. The maximum Gasteiger partial charge on any atom is 0.246 e. The predicted molar refractivity (Wildman–Crippen MR) is 109 cm³/mol. The third kappa shape index (κ3) is 3.83. The van der Waals surface area contributed by atoms with E-state index in [0.717, 1.165) is 16.1 Å². The Kier molecular flexibility index (Phi) is 5.11. The highest BCUT2D eigenvalue weighted by Gasteiger charge is 2.26. The zero-order valence-corrected chi connectivity index (χ0v) is 16.3. The molecule has 1 aliphatic heterocycles. The first-order valence-electron chi connectivity index (χ1n) is 8.02. The van der Waals surface area contributed by atoms with E-state index in [-0.39, 0.29) is 18.4 Å². The Bertz CT molecular complexity index is 1020. The van der Waals surface area contributed by atoms with E-state index >= 15 is 0 Å². The summed E-state index contributed by atoms with van der Waals surface area (Å²) in [5.74, 6) is -0.102. The van der Waals surface area contributed by atoms with Crippen molar-refractivity contribution >= 4 is 57.3 Å². The van der Waals surface area contributed by atoms with Gasteiger partial charge in [0.25, 0.3) is 0 Å². The highest BCUT2D eigenvalue weighted by molar-refractivity contribution is 8.00. The summed E-state index contributed by atoms with van der Waals surface area (Å²) in [6.07, 6.45) is 0. The minimum absolute atomic E-state index is 0.0720. The van der Waals surface area contributed by atoms with Crippen LogP contribution in [-0.2, 0) is 9.59 Å². The lowest BCUT2D eigenvalue weighted by molar-refractivity contribution is -0.120. The van der Waals surface area contributed by atoms with Crippen molar-refractivity contribution in [3.8, 4) is 10.6 Å². The lowest BCUT2D eigenvalue weighted by Gasteiger charge is -2.28. The van der Waals surface area contributed by atoms with Crippen LogP contribution in [0.3, 0.4) is 0 Å². The Hall–Kier alpha value is -2.42. The summed E-state index contributed by atoms with van der Waals surface area (Å²) in [4.78, 5) is 27.2.